The van der Waals surface area contributed by atoms with Crippen LogP contribution in [0.2, 0.25) is 0 Å². The fourth-order valence-corrected chi connectivity index (χ4v) is 14.2. The maximum atomic E-state index is 13.0. The van der Waals surface area contributed by atoms with Gasteiger partial charge in [-0.3, -0.25) is 58.3 Å². The molecule has 0 aliphatic rings. The van der Waals surface area contributed by atoms with Crippen LogP contribution in [0.4, 0.5) is 69.3 Å². The smallest absolute Gasteiger partial charge is 0.255 e. The van der Waals surface area contributed by atoms with E-state index in [1.54, 1.807) is 178 Å². The Morgan fingerprint density at radius 2 is 0.589 bits per heavy atom. The second kappa shape index (κ2) is 53.6. The molecule has 16 aromatic rings. The molecule has 0 atom stereocenters. The first kappa shape index (κ1) is 105. The van der Waals surface area contributed by atoms with Crippen LogP contribution in [-0.4, -0.2) is 183 Å². The highest BCUT2D eigenvalue weighted by molar-refractivity contribution is 6.08. The number of carbonyl (C=O) groups excluding carboxylic acids is 8. The number of hydrogen-bond acceptors (Lipinski definition) is 27. The van der Waals surface area contributed by atoms with E-state index in [0.29, 0.717) is 88.4 Å². The van der Waals surface area contributed by atoms with E-state index >= 15 is 0 Å². The monoisotopic (exact) mass is 1940 g/mol. The summed E-state index contributed by atoms with van der Waals surface area (Å²) in [5.41, 5.74) is 19.4. The molecule has 0 aliphatic heterocycles. The molecule has 146 heavy (non-hydrogen) atoms. The van der Waals surface area contributed by atoms with Gasteiger partial charge in [-0.2, -0.15) is 0 Å². The van der Waals surface area contributed by atoms with Crippen molar-refractivity contribution in [2.45, 2.75) is 39.5 Å². The molecule has 0 unspecified atom stereocenters. The molecule has 8 N–H and O–H groups in total. The van der Waals surface area contributed by atoms with Crippen LogP contribution in [0.3, 0.4) is 0 Å². The van der Waals surface area contributed by atoms with Crippen molar-refractivity contribution < 1.29 is 38.4 Å². The lowest BCUT2D eigenvalue weighted by atomic mass is 10.0. The second-order valence-corrected chi connectivity index (χ2v) is 34.1. The minimum Gasteiger partial charge on any atom is -0.324 e. The molecule has 0 radical (unpaired) electrons. The number of anilines is 12. The molecule has 31 nitrogen and oxygen atoms in total. The Bertz CT molecular complexity index is 7280. The Morgan fingerprint density at radius 3 is 0.904 bits per heavy atom. The van der Waals surface area contributed by atoms with Crippen molar-refractivity contribution in [1.82, 2.24) is 74.5 Å². The number of hydrogen-bond donors (Lipinski definition) is 8. The molecular formula is C115H109N23O8. The lowest BCUT2D eigenvalue weighted by Gasteiger charge is -2.12. The number of aryl methyl sites for hydroxylation is 2. The van der Waals surface area contributed by atoms with E-state index in [0.717, 1.165) is 101 Å². The van der Waals surface area contributed by atoms with Crippen LogP contribution in [0.25, 0.3) is 45.0 Å². The third-order valence-corrected chi connectivity index (χ3v) is 21.6. The van der Waals surface area contributed by atoms with E-state index < -0.39 is 0 Å². The zero-order valence-electron chi connectivity index (χ0n) is 81.8. The van der Waals surface area contributed by atoms with Gasteiger partial charge in [-0.1, -0.05) is 73.3 Å². The Kier molecular flexibility index (Phi) is 38.4. The minimum absolute atomic E-state index is 0.0000940. The normalized spacial score (nSPS) is 10.9. The minimum atomic E-state index is -0.254. The van der Waals surface area contributed by atoms with Crippen molar-refractivity contribution in [2.75, 3.05) is 104 Å². The summed E-state index contributed by atoms with van der Waals surface area (Å²) in [5, 5.41) is 24.4. The number of allylic oxidation sites excluding steroid dienone is 4. The molecule has 4 amide bonds. The molecule has 8 heterocycles. The van der Waals surface area contributed by atoms with Gasteiger partial charge in [0.1, 0.15) is 0 Å². The lowest BCUT2D eigenvalue weighted by Crippen LogP contribution is -2.14. The summed E-state index contributed by atoms with van der Waals surface area (Å²) < 4.78 is 0. The van der Waals surface area contributed by atoms with Gasteiger partial charge in [0.2, 0.25) is 23.8 Å². The lowest BCUT2D eigenvalue weighted by molar-refractivity contribution is -0.114. The zero-order chi connectivity index (χ0) is 103. The van der Waals surface area contributed by atoms with Crippen LogP contribution in [0.5, 0.6) is 0 Å². The number of rotatable bonds is 38. The summed E-state index contributed by atoms with van der Waals surface area (Å²) in [4.78, 5) is 157. The first-order valence-corrected chi connectivity index (χ1v) is 46.5. The molecule has 8 aromatic carbocycles. The van der Waals surface area contributed by atoms with Crippen molar-refractivity contribution in [1.29, 1.82) is 0 Å². The van der Waals surface area contributed by atoms with Gasteiger partial charge in [-0.15, -0.1) is 0 Å². The molecular weight excluding hydrogens is 1830 g/mol. The molecule has 0 saturated carbocycles. The summed E-state index contributed by atoms with van der Waals surface area (Å²) in [6, 6.07) is 76.7. The number of carbonyl (C=O) groups is 8. The summed E-state index contributed by atoms with van der Waals surface area (Å²) >= 11 is 0. The van der Waals surface area contributed by atoms with Crippen LogP contribution in [-0.2, 0) is 44.9 Å². The van der Waals surface area contributed by atoms with Crippen LogP contribution in [0, 0.1) is 13.8 Å². The van der Waals surface area contributed by atoms with E-state index in [1.165, 1.54) is 6.08 Å². The number of aromatic nitrogens is 12. The molecule has 732 valence electrons. The fourth-order valence-electron chi connectivity index (χ4n) is 14.2. The van der Waals surface area contributed by atoms with Gasteiger partial charge >= 0.3 is 0 Å². The van der Waals surface area contributed by atoms with Crippen molar-refractivity contribution in [3.63, 3.8) is 0 Å². The number of nitrogens with one attached hydrogen (secondary N) is 8. The van der Waals surface area contributed by atoms with Gasteiger partial charge in [-0.05, 0) is 320 Å². The highest BCUT2D eigenvalue weighted by Crippen LogP contribution is 2.30. The number of amides is 4. The SMILES string of the molecule is C=CC(=O)Cc1cccc(C(=O)Nc2ccc(Nc3nccc(-c4cccnc4)n3)cc2)c1.CN(C)C/C=C/C(=O)Cc1cccc(C(=O)Nc2ccc(Nc3nccc(-c4cccnc4)n3)cc2)c1.Cc1cc(NC(=O)c2cccc(CC(=O)/C=C/CN(C)C)c2)ccc1Nc1nccc(-c2cccnc2)n1.Cc1ccc(CC(=O)/C=C/CN(C)C)cc1C(=O)Nc1ccc(Nc2nccc(-c3cccnc3)n2)cc1. The predicted octanol–water partition coefficient (Wildman–Crippen LogP) is 19.7. The highest BCUT2D eigenvalue weighted by Gasteiger charge is 2.19. The number of pyridine rings is 4. The maximum absolute atomic E-state index is 13.0. The molecule has 0 spiro atoms. The summed E-state index contributed by atoms with van der Waals surface area (Å²) in [7, 11) is 11.7. The third kappa shape index (κ3) is 33.8. The first-order chi connectivity index (χ1) is 70.8. The molecule has 16 rings (SSSR count). The van der Waals surface area contributed by atoms with E-state index in [9.17, 15) is 38.4 Å². The van der Waals surface area contributed by atoms with Crippen LogP contribution < -0.4 is 42.5 Å². The number of likely N-dealkylation sites (N-methyl/N-ethyl adjacent to an activating group) is 3. The average Bonchev–Trinajstić information content (AvgIpc) is 0.836. The number of benzene rings is 8. The fraction of sp³-hybridized carbons (Fsp3) is 0.130. The highest BCUT2D eigenvalue weighted by atomic mass is 16.2. The largest absolute Gasteiger partial charge is 0.324 e. The van der Waals surface area contributed by atoms with Crippen molar-refractivity contribution in [3.8, 4) is 45.0 Å². The van der Waals surface area contributed by atoms with Gasteiger partial charge in [0.15, 0.2) is 23.1 Å². The Balaban J connectivity index is 0.000000163. The van der Waals surface area contributed by atoms with Crippen LogP contribution in [0.1, 0.15) is 74.8 Å². The van der Waals surface area contributed by atoms with Gasteiger partial charge in [0.25, 0.3) is 23.6 Å². The maximum Gasteiger partial charge on any atom is 0.255 e. The number of nitrogens with zero attached hydrogens (tertiary/aromatic N) is 15. The van der Waals surface area contributed by atoms with Crippen molar-refractivity contribution >= 4 is 116 Å². The van der Waals surface area contributed by atoms with E-state index in [4.69, 9.17) is 0 Å². The van der Waals surface area contributed by atoms with Crippen LogP contribution >= 0.6 is 0 Å². The topological polar surface area (TPSA) is 397 Å². The molecule has 8 aromatic heterocycles. The Morgan fingerprint density at radius 1 is 0.288 bits per heavy atom. The average molecular weight is 1940 g/mol. The summed E-state index contributed by atoms with van der Waals surface area (Å²) in [5.74, 6) is 0.780. The van der Waals surface area contributed by atoms with Gasteiger partial charge < -0.3 is 57.2 Å². The summed E-state index contributed by atoms with van der Waals surface area (Å²) in [6.07, 6.45) is 33.1. The Labute approximate surface area is 846 Å². The first-order valence-electron chi connectivity index (χ1n) is 46.5. The van der Waals surface area contributed by atoms with E-state index in [2.05, 4.69) is 109 Å². The van der Waals surface area contributed by atoms with Gasteiger partial charge in [-0.25, -0.2) is 39.9 Å². The molecule has 0 fully saturated rings. The summed E-state index contributed by atoms with van der Waals surface area (Å²) in [6.45, 7) is 9.40. The molecule has 0 bridgehead atoms. The predicted molar refractivity (Wildman–Crippen MR) is 575 cm³/mol. The van der Waals surface area contributed by atoms with Crippen molar-refractivity contribution in [2.24, 2.45) is 0 Å². The molecule has 0 aliphatic carbocycles. The second-order valence-electron chi connectivity index (χ2n) is 34.1. The van der Waals surface area contributed by atoms with Crippen molar-refractivity contribution in [3.05, 3.63) is 434 Å². The van der Waals surface area contributed by atoms with Crippen LogP contribution in [0.15, 0.2) is 378 Å². The van der Waals surface area contributed by atoms with Gasteiger partial charge in [0, 0.05) is 210 Å². The Hall–Kier alpha value is -18.7. The number of ketones is 4. The van der Waals surface area contributed by atoms with Gasteiger partial charge in [0.05, 0.1) is 22.8 Å². The molecule has 31 heteroatoms. The quantitative estimate of drug-likeness (QED) is 0.0167. The zero-order valence-corrected chi connectivity index (χ0v) is 81.8. The third-order valence-electron chi connectivity index (χ3n) is 21.6. The standard InChI is InChI=1S/2C30H30N6O2.C29H28N6O2.C26H21N5O2/c1-21-17-25(11-12-27(21)34-30-32-15-13-28(35-30)24-9-5-14-31-20-24)33-29(38)23-8-4-7-22(18-23)19-26(37)10-6-16-36(2)3;1-21-8-9-22(18-26(37)7-5-17-36(2)3)19-27(21)29(38)33-24-10-12-25(13-11-24)34-30-32-16-14-28(35-30)23-6-4-15-31-20-23;1-35(2)17-5-9-26(36)19-21-6-3-7-22(18-21)28(37)32-24-10-12-25(13-11-24)33-29-31-16-14-27(34-29)23-8-4-15-30-20-23;1-2-23(32)16-18-5-3-6-19(15-18)25(33)29-21-8-10-22(11-9-21)30-26-28-14-12-24(31-26)20-7-4-13-27-17-20/h4-15,17-18,20H,16,19H2,1-3H3,(H,33,38)(H,32,34,35);4-16,19-20H,17-18H2,1-3H3,(H,33,38)(H,32,34,35);3-16,18,20H,17,19H2,1-2H3,(H,32,37)(H,31,33,34);2-15,17H,1,16H2,(H,29,33)(H,28,30,31)/b10-6+;7-5+;9-5+;. The van der Waals surface area contributed by atoms with E-state index in [1.807, 2.05) is 259 Å². The molecule has 0 saturated heterocycles. The van der Waals surface area contributed by atoms with E-state index in [-0.39, 0.29) is 72.4 Å².